The lowest BCUT2D eigenvalue weighted by atomic mass is 9.63. The maximum Gasteiger partial charge on any atom is 0.184 e. The highest BCUT2D eigenvalue weighted by Crippen LogP contribution is 2.55. The lowest BCUT2D eigenvalue weighted by Crippen LogP contribution is -2.35. The molecular weight excluding hydrogens is 613 g/mol. The summed E-state index contributed by atoms with van der Waals surface area (Å²) in [5, 5.41) is 36.1. The number of anilines is 1. The Morgan fingerprint density at radius 3 is 2.77 bits per heavy atom. The van der Waals surface area contributed by atoms with Crippen LogP contribution in [-0.2, 0) is 18.3 Å². The predicted molar refractivity (Wildman–Crippen MR) is 177 cm³/mol. The van der Waals surface area contributed by atoms with Crippen molar-refractivity contribution in [2.75, 3.05) is 19.3 Å². The molecule has 242 valence electrons. The first-order valence-electron chi connectivity index (χ1n) is 16.9. The van der Waals surface area contributed by atoms with Crippen LogP contribution in [0.2, 0.25) is 0 Å². The van der Waals surface area contributed by atoms with E-state index in [9.17, 15) is 10.4 Å². The number of aromatic nitrogens is 7. The Kier molecular flexibility index (Phi) is 6.61. The molecule has 5 aromatic heterocycles. The van der Waals surface area contributed by atoms with Gasteiger partial charge in [0.05, 0.1) is 34.6 Å². The van der Waals surface area contributed by atoms with E-state index in [0.717, 1.165) is 110 Å². The molecule has 0 aromatic carbocycles. The van der Waals surface area contributed by atoms with Crippen molar-refractivity contribution >= 4 is 27.4 Å². The topological polar surface area (TPSA) is 161 Å². The maximum atomic E-state index is 10.1. The van der Waals surface area contributed by atoms with Gasteiger partial charge >= 0.3 is 0 Å². The third-order valence-corrected chi connectivity index (χ3v) is 12.4. The number of hydrogen-bond donors (Lipinski definition) is 2. The minimum atomic E-state index is -0.401. The maximum absolute atomic E-state index is 10.1. The van der Waals surface area contributed by atoms with Gasteiger partial charge in [-0.2, -0.15) is 15.5 Å². The summed E-state index contributed by atoms with van der Waals surface area (Å²) in [6, 6.07) is 5.03. The average Bonchev–Trinajstić information content (AvgIpc) is 3.89. The van der Waals surface area contributed by atoms with E-state index in [1.165, 1.54) is 4.88 Å². The first kappa shape index (κ1) is 29.1. The number of aryl methyl sites for hydroxylation is 1. The van der Waals surface area contributed by atoms with Crippen LogP contribution in [0.3, 0.4) is 0 Å². The van der Waals surface area contributed by atoms with Crippen LogP contribution in [0.15, 0.2) is 23.0 Å². The van der Waals surface area contributed by atoms with Crippen molar-refractivity contribution in [2.24, 2.45) is 0 Å². The molecule has 9 rings (SSSR count). The van der Waals surface area contributed by atoms with E-state index < -0.39 is 5.41 Å². The van der Waals surface area contributed by atoms with Gasteiger partial charge in [-0.15, -0.1) is 11.3 Å². The Bertz CT molecular complexity index is 2060. The molecule has 0 bridgehead atoms. The third kappa shape index (κ3) is 4.27. The zero-order valence-electron chi connectivity index (χ0n) is 26.7. The van der Waals surface area contributed by atoms with Gasteiger partial charge in [0.2, 0.25) is 0 Å². The zero-order chi connectivity index (χ0) is 32.0. The molecule has 5 aromatic rings. The summed E-state index contributed by atoms with van der Waals surface area (Å²) in [6.45, 7) is 3.29. The number of aliphatic hydroxyl groups is 1. The first-order chi connectivity index (χ1) is 22.9. The quantitative estimate of drug-likeness (QED) is 0.260. The Morgan fingerprint density at radius 2 is 2.00 bits per heavy atom. The molecule has 1 saturated carbocycles. The Balaban J connectivity index is 1.16. The monoisotopic (exact) mass is 650 g/mol. The molecule has 4 aliphatic rings. The summed E-state index contributed by atoms with van der Waals surface area (Å²) in [4.78, 5) is 13.7. The van der Waals surface area contributed by atoms with Crippen molar-refractivity contribution in [3.05, 3.63) is 45.8 Å². The van der Waals surface area contributed by atoms with E-state index in [-0.39, 0.29) is 18.2 Å². The zero-order valence-corrected chi connectivity index (χ0v) is 27.5. The molecule has 47 heavy (non-hydrogen) atoms. The number of nitrogen functional groups attached to an aromatic ring is 1. The highest BCUT2D eigenvalue weighted by molar-refractivity contribution is 7.16. The van der Waals surface area contributed by atoms with Crippen LogP contribution in [-0.4, -0.2) is 70.4 Å². The average molecular weight is 651 g/mol. The molecular formula is C34H38N10O2S. The van der Waals surface area contributed by atoms with Crippen LogP contribution in [0.1, 0.15) is 97.7 Å². The molecule has 13 heteroatoms. The summed E-state index contributed by atoms with van der Waals surface area (Å²) in [5.74, 6) is 1.37. The van der Waals surface area contributed by atoms with Crippen LogP contribution in [0.5, 0.6) is 0 Å². The van der Waals surface area contributed by atoms with Crippen molar-refractivity contribution in [3.8, 4) is 29.0 Å². The molecule has 1 spiro atoms. The number of nitriles is 1. The van der Waals surface area contributed by atoms with Gasteiger partial charge in [0.15, 0.2) is 22.9 Å². The van der Waals surface area contributed by atoms with Crippen molar-refractivity contribution in [2.45, 2.75) is 101 Å². The van der Waals surface area contributed by atoms with E-state index in [1.54, 1.807) is 11.3 Å². The molecule has 12 nitrogen and oxygen atoms in total. The Labute approximate surface area is 276 Å². The number of nitrogens with two attached hydrogens (primary N) is 1. The van der Waals surface area contributed by atoms with E-state index in [0.29, 0.717) is 28.1 Å². The summed E-state index contributed by atoms with van der Waals surface area (Å²) in [5.41, 5.74) is 11.6. The summed E-state index contributed by atoms with van der Waals surface area (Å²) >= 11 is 1.55. The van der Waals surface area contributed by atoms with E-state index >= 15 is 0 Å². The largest absolute Gasteiger partial charge is 0.393 e. The fourth-order valence-corrected chi connectivity index (χ4v) is 10.0. The van der Waals surface area contributed by atoms with Crippen molar-refractivity contribution in [1.82, 2.24) is 39.6 Å². The third-order valence-electron chi connectivity index (χ3n) is 11.4. The standard InChI is InChI=1S/C34H38N10O2S/c1-18(25-7-5-12-42(25)2)44-33-23(28(40-44)24-9-13-43(39-24)19-14-20(45)15-19)17-37-32(38-33)29-21-6-3-10-34(30(21)46-41-29)11-4-8-26-27(34)22(16-35)31(36)47-26/h9,13,17-20,25,45H,3-8,10-12,14-15,36H2,1-2H3/t18-,19?,20?,25-,34-/m0/s1. The molecule has 1 aliphatic heterocycles. The highest BCUT2D eigenvalue weighted by atomic mass is 32.1. The minimum absolute atomic E-state index is 0.0778. The van der Waals surface area contributed by atoms with E-state index in [2.05, 4.69) is 34.8 Å². The smallest absolute Gasteiger partial charge is 0.184 e. The lowest BCUT2D eigenvalue weighted by molar-refractivity contribution is 0.0435. The molecule has 0 amide bonds. The SMILES string of the molecule is C[C@@H]([C@@H]1CCCN1C)n1nc(-c2ccn(C3CC(O)C3)n2)c2cnc(-c3noc4c3CCC[C@@]43CCCc4sc(N)c(C#N)c43)nc21. The van der Waals surface area contributed by atoms with Crippen molar-refractivity contribution in [3.63, 3.8) is 0 Å². The van der Waals surface area contributed by atoms with Gasteiger partial charge < -0.3 is 20.3 Å². The molecule has 1 saturated heterocycles. The van der Waals surface area contributed by atoms with Gasteiger partial charge in [-0.3, -0.25) is 4.68 Å². The normalized spacial score (nSPS) is 26.3. The number of likely N-dealkylation sites (tertiary alicyclic amines) is 1. The minimum Gasteiger partial charge on any atom is -0.393 e. The van der Waals surface area contributed by atoms with Crippen LogP contribution in [0.25, 0.3) is 33.9 Å². The van der Waals surface area contributed by atoms with Gasteiger partial charge in [0.1, 0.15) is 22.5 Å². The summed E-state index contributed by atoms with van der Waals surface area (Å²) in [6.07, 6.45) is 12.8. The second-order valence-electron chi connectivity index (χ2n) is 14.0. The van der Waals surface area contributed by atoms with Gasteiger partial charge in [-0.1, -0.05) is 5.16 Å². The van der Waals surface area contributed by atoms with Crippen LogP contribution < -0.4 is 5.73 Å². The fraction of sp³-hybridized carbons (Fsp3) is 0.529. The number of fused-ring (bicyclic) bond motifs is 5. The fourth-order valence-electron chi connectivity index (χ4n) is 8.88. The number of aliphatic hydroxyl groups excluding tert-OH is 1. The van der Waals surface area contributed by atoms with Gasteiger partial charge in [0.25, 0.3) is 0 Å². The molecule has 3 atom stereocenters. The molecule has 6 heterocycles. The second-order valence-corrected chi connectivity index (χ2v) is 15.1. The molecule has 3 N–H and O–H groups in total. The lowest BCUT2D eigenvalue weighted by Gasteiger charge is -2.39. The predicted octanol–water partition coefficient (Wildman–Crippen LogP) is 5.17. The number of nitrogens with zero attached hydrogens (tertiary/aromatic N) is 9. The van der Waals surface area contributed by atoms with E-state index in [4.69, 9.17) is 30.4 Å². The molecule has 0 unspecified atom stereocenters. The van der Waals surface area contributed by atoms with Crippen LogP contribution in [0.4, 0.5) is 5.00 Å². The highest BCUT2D eigenvalue weighted by Gasteiger charge is 2.49. The van der Waals surface area contributed by atoms with Gasteiger partial charge in [-0.05, 0) is 96.4 Å². The Hall–Kier alpha value is -4.12. The van der Waals surface area contributed by atoms with E-state index in [1.807, 2.05) is 23.1 Å². The van der Waals surface area contributed by atoms with Crippen LogP contribution in [0, 0.1) is 11.3 Å². The number of thiophene rings is 1. The first-order valence-corrected chi connectivity index (χ1v) is 17.7. The summed E-state index contributed by atoms with van der Waals surface area (Å²) < 4.78 is 10.3. The molecule has 0 radical (unpaired) electrons. The number of hydrogen-bond acceptors (Lipinski definition) is 11. The van der Waals surface area contributed by atoms with Crippen molar-refractivity contribution < 1.29 is 9.63 Å². The summed E-state index contributed by atoms with van der Waals surface area (Å²) in [7, 11) is 2.18. The number of likely N-dealkylation sites (N-methyl/N-ethyl adjacent to an activating group) is 1. The van der Waals surface area contributed by atoms with Gasteiger partial charge in [0, 0.05) is 28.9 Å². The molecule has 3 aliphatic carbocycles. The van der Waals surface area contributed by atoms with Gasteiger partial charge in [-0.25, -0.2) is 14.6 Å². The van der Waals surface area contributed by atoms with Crippen molar-refractivity contribution in [1.29, 1.82) is 5.26 Å². The second kappa shape index (κ2) is 10.7. The Morgan fingerprint density at radius 1 is 1.17 bits per heavy atom. The van der Waals surface area contributed by atoms with Crippen LogP contribution >= 0.6 is 11.3 Å². The number of rotatable bonds is 5. The molecule has 2 fully saturated rings.